The standard InChI is InChI=1S/C18H29F3O3Si/c1-14(2)23-25(22,24-15(3)4)13-7-5-6-8-16-9-11-17(12-10-16)18(19,20)21/h9-12,14-15,22H,5-8,13H2,1-4H3. The van der Waals surface area contributed by atoms with Crippen LogP contribution in [0.1, 0.15) is 58.1 Å². The number of hydrogen-bond donors (Lipinski definition) is 1. The van der Waals surface area contributed by atoms with Gasteiger partial charge in [-0.15, -0.1) is 0 Å². The van der Waals surface area contributed by atoms with Crippen molar-refractivity contribution in [2.75, 3.05) is 0 Å². The molecule has 0 saturated carbocycles. The maximum absolute atomic E-state index is 12.5. The van der Waals surface area contributed by atoms with Gasteiger partial charge in [0.15, 0.2) is 0 Å². The fraction of sp³-hybridized carbons (Fsp3) is 0.667. The first kappa shape index (κ1) is 22.1. The highest BCUT2D eigenvalue weighted by Gasteiger charge is 2.38. The molecule has 1 aromatic rings. The van der Waals surface area contributed by atoms with Crippen molar-refractivity contribution in [2.24, 2.45) is 0 Å². The van der Waals surface area contributed by atoms with Gasteiger partial charge in [-0.3, -0.25) is 0 Å². The Morgan fingerprint density at radius 3 is 1.88 bits per heavy atom. The van der Waals surface area contributed by atoms with Crippen molar-refractivity contribution < 1.29 is 26.8 Å². The van der Waals surface area contributed by atoms with Gasteiger partial charge in [0.1, 0.15) is 0 Å². The highest BCUT2D eigenvalue weighted by molar-refractivity contribution is 6.59. The Balaban J connectivity index is 2.39. The smallest absolute Gasteiger partial charge is 0.390 e. The lowest BCUT2D eigenvalue weighted by Crippen LogP contribution is -2.46. The number of rotatable bonds is 10. The van der Waals surface area contributed by atoms with E-state index in [1.54, 1.807) is 0 Å². The zero-order valence-corrected chi connectivity index (χ0v) is 16.4. The monoisotopic (exact) mass is 378 g/mol. The molecule has 3 nitrogen and oxygen atoms in total. The number of halogens is 3. The van der Waals surface area contributed by atoms with Crippen LogP contribution < -0.4 is 0 Å². The summed E-state index contributed by atoms with van der Waals surface area (Å²) in [6.07, 6.45) is -1.29. The molecule has 1 aromatic carbocycles. The van der Waals surface area contributed by atoms with Crippen molar-refractivity contribution >= 4 is 8.80 Å². The molecule has 0 radical (unpaired) electrons. The second-order valence-corrected chi connectivity index (χ2v) is 9.20. The van der Waals surface area contributed by atoms with Gasteiger partial charge in [0, 0.05) is 18.3 Å². The minimum Gasteiger partial charge on any atom is -0.390 e. The van der Waals surface area contributed by atoms with E-state index < -0.39 is 20.5 Å². The van der Waals surface area contributed by atoms with Gasteiger partial charge in [-0.2, -0.15) is 13.2 Å². The summed E-state index contributed by atoms with van der Waals surface area (Å²) >= 11 is 0. The van der Waals surface area contributed by atoms with Gasteiger partial charge in [-0.25, -0.2) is 0 Å². The summed E-state index contributed by atoms with van der Waals surface area (Å²) in [4.78, 5) is 10.6. The lowest BCUT2D eigenvalue weighted by Gasteiger charge is -2.28. The highest BCUT2D eigenvalue weighted by atomic mass is 28.4. The maximum Gasteiger partial charge on any atom is 0.498 e. The van der Waals surface area contributed by atoms with E-state index in [-0.39, 0.29) is 12.2 Å². The number of aryl methyl sites for hydroxylation is 1. The molecule has 0 spiro atoms. The fourth-order valence-electron chi connectivity index (χ4n) is 2.60. The molecular formula is C18H29F3O3Si. The van der Waals surface area contributed by atoms with Crippen molar-refractivity contribution in [3.63, 3.8) is 0 Å². The molecule has 0 aliphatic carbocycles. The predicted octanol–water partition coefficient (Wildman–Crippen LogP) is 5.20. The largest absolute Gasteiger partial charge is 0.498 e. The molecular weight excluding hydrogens is 349 g/mol. The van der Waals surface area contributed by atoms with Gasteiger partial charge in [0.05, 0.1) is 5.56 Å². The lowest BCUT2D eigenvalue weighted by atomic mass is 10.1. The fourth-order valence-corrected chi connectivity index (χ4v) is 5.06. The van der Waals surface area contributed by atoms with Gasteiger partial charge >= 0.3 is 15.0 Å². The topological polar surface area (TPSA) is 38.7 Å². The first-order valence-electron chi connectivity index (χ1n) is 8.76. The van der Waals surface area contributed by atoms with Gasteiger partial charge in [-0.1, -0.05) is 18.6 Å². The molecule has 0 atom stereocenters. The molecule has 0 saturated heterocycles. The molecule has 0 aromatic heterocycles. The molecule has 1 N–H and O–H groups in total. The van der Waals surface area contributed by atoms with Crippen molar-refractivity contribution in [2.45, 2.75) is 77.8 Å². The molecule has 0 heterocycles. The van der Waals surface area contributed by atoms with Crippen LogP contribution >= 0.6 is 0 Å². The van der Waals surface area contributed by atoms with E-state index in [1.165, 1.54) is 12.1 Å². The average Bonchev–Trinajstić information content (AvgIpc) is 2.44. The van der Waals surface area contributed by atoms with E-state index in [4.69, 9.17) is 8.85 Å². The average molecular weight is 379 g/mol. The van der Waals surface area contributed by atoms with Gasteiger partial charge < -0.3 is 13.6 Å². The van der Waals surface area contributed by atoms with E-state index >= 15 is 0 Å². The molecule has 0 unspecified atom stereocenters. The predicted molar refractivity (Wildman–Crippen MR) is 94.2 cm³/mol. The quantitative estimate of drug-likeness (QED) is 0.449. The maximum atomic E-state index is 12.5. The van der Waals surface area contributed by atoms with Gasteiger partial charge in [0.25, 0.3) is 0 Å². The summed E-state index contributed by atoms with van der Waals surface area (Å²) in [7, 11) is -3.16. The number of benzene rings is 1. The van der Waals surface area contributed by atoms with Crippen LogP contribution in [-0.2, 0) is 21.4 Å². The van der Waals surface area contributed by atoms with Crippen LogP contribution in [0.15, 0.2) is 24.3 Å². The van der Waals surface area contributed by atoms with Crippen LogP contribution in [0.3, 0.4) is 0 Å². The molecule has 0 amide bonds. The molecule has 25 heavy (non-hydrogen) atoms. The number of hydrogen-bond acceptors (Lipinski definition) is 3. The van der Waals surface area contributed by atoms with E-state index in [0.29, 0.717) is 12.5 Å². The summed E-state index contributed by atoms with van der Waals surface area (Å²) in [6.45, 7) is 7.47. The van der Waals surface area contributed by atoms with Crippen LogP contribution in [0.4, 0.5) is 13.2 Å². The molecule has 7 heteroatoms. The second-order valence-electron chi connectivity index (χ2n) is 6.80. The Kier molecular flexibility index (Phi) is 8.60. The van der Waals surface area contributed by atoms with E-state index in [9.17, 15) is 18.0 Å². The van der Waals surface area contributed by atoms with Crippen molar-refractivity contribution in [3.8, 4) is 0 Å². The lowest BCUT2D eigenvalue weighted by molar-refractivity contribution is -0.137. The number of alkyl halides is 3. The zero-order valence-electron chi connectivity index (χ0n) is 15.4. The van der Waals surface area contributed by atoms with Gasteiger partial charge in [-0.05, 0) is 64.7 Å². The Morgan fingerprint density at radius 2 is 1.44 bits per heavy atom. The Bertz CT molecular complexity index is 491. The Morgan fingerprint density at radius 1 is 0.920 bits per heavy atom. The summed E-state index contributed by atoms with van der Waals surface area (Å²) < 4.78 is 48.8. The summed E-state index contributed by atoms with van der Waals surface area (Å²) in [5.74, 6) is 0. The molecule has 144 valence electrons. The first-order chi connectivity index (χ1) is 11.5. The first-order valence-corrected chi connectivity index (χ1v) is 10.7. The van der Waals surface area contributed by atoms with Crippen LogP contribution in [0.25, 0.3) is 0 Å². The molecule has 0 fully saturated rings. The summed E-state index contributed by atoms with van der Waals surface area (Å²) in [5, 5.41) is 0. The van der Waals surface area contributed by atoms with E-state index in [0.717, 1.165) is 37.0 Å². The van der Waals surface area contributed by atoms with Crippen LogP contribution in [-0.4, -0.2) is 25.8 Å². The normalized spacial score (nSPS) is 13.0. The van der Waals surface area contributed by atoms with Crippen molar-refractivity contribution in [1.29, 1.82) is 0 Å². The summed E-state index contributed by atoms with van der Waals surface area (Å²) in [5.41, 5.74) is 0.265. The minimum absolute atomic E-state index is 0.0948. The van der Waals surface area contributed by atoms with Crippen molar-refractivity contribution in [3.05, 3.63) is 35.4 Å². The summed E-state index contributed by atoms with van der Waals surface area (Å²) in [6, 6.07) is 5.79. The third-order valence-electron chi connectivity index (χ3n) is 3.58. The third-order valence-corrected chi connectivity index (χ3v) is 6.24. The molecule has 0 aliphatic rings. The van der Waals surface area contributed by atoms with Crippen molar-refractivity contribution in [1.82, 2.24) is 0 Å². The molecule has 0 bridgehead atoms. The molecule has 1 rings (SSSR count). The van der Waals surface area contributed by atoms with Crippen LogP contribution in [0.5, 0.6) is 0 Å². The SMILES string of the molecule is CC(C)O[Si](O)(CCCCCc1ccc(C(F)(F)F)cc1)OC(C)C. The van der Waals surface area contributed by atoms with E-state index in [1.807, 2.05) is 27.7 Å². The highest BCUT2D eigenvalue weighted by Crippen LogP contribution is 2.29. The van der Waals surface area contributed by atoms with Crippen LogP contribution in [0, 0.1) is 0 Å². The third kappa shape index (κ3) is 8.85. The number of unbranched alkanes of at least 4 members (excludes halogenated alkanes) is 2. The Hall–Kier alpha value is -0.893. The van der Waals surface area contributed by atoms with Crippen LogP contribution in [0.2, 0.25) is 6.04 Å². The zero-order chi connectivity index (χ0) is 19.1. The molecule has 0 aliphatic heterocycles. The Labute approximate surface area is 149 Å². The van der Waals surface area contributed by atoms with E-state index in [2.05, 4.69) is 0 Å². The minimum atomic E-state index is -4.29. The van der Waals surface area contributed by atoms with Gasteiger partial charge in [0.2, 0.25) is 0 Å². The second kappa shape index (κ2) is 9.71.